The molecule has 2 fully saturated rings. The number of esters is 1. The first-order valence-corrected chi connectivity index (χ1v) is 9.42. The third kappa shape index (κ3) is 2.23. The summed E-state index contributed by atoms with van der Waals surface area (Å²) in [7, 11) is 0. The highest BCUT2D eigenvalue weighted by molar-refractivity contribution is 5.67. The standard InChI is InChI=1S/C21H28O4/c1-13(22)25-17-12-14-6-4-5-9-19(14,2)15-7-10-20(3)16(18(15)17)8-11-21(20,23)24/h5-6,9,12,15-16,18,23-24H,4,7-8,10-11H2,1-3H3/t15-,16+,18-,19+,20+/m1/s1. The van der Waals surface area contributed by atoms with E-state index in [0.717, 1.165) is 31.4 Å². The quantitative estimate of drug-likeness (QED) is 0.434. The van der Waals surface area contributed by atoms with E-state index in [9.17, 15) is 15.0 Å². The van der Waals surface area contributed by atoms with Crippen LogP contribution in [0.4, 0.5) is 0 Å². The first kappa shape index (κ1) is 17.0. The Morgan fingerprint density at radius 3 is 2.64 bits per heavy atom. The molecular formula is C21H28O4. The van der Waals surface area contributed by atoms with E-state index in [1.165, 1.54) is 12.5 Å². The van der Waals surface area contributed by atoms with Gasteiger partial charge in [-0.1, -0.05) is 32.1 Å². The van der Waals surface area contributed by atoms with Gasteiger partial charge in [-0.3, -0.25) is 4.79 Å². The summed E-state index contributed by atoms with van der Waals surface area (Å²) < 4.78 is 5.67. The van der Waals surface area contributed by atoms with Crippen LogP contribution in [0.3, 0.4) is 0 Å². The fourth-order valence-corrected chi connectivity index (χ4v) is 6.09. The van der Waals surface area contributed by atoms with E-state index in [4.69, 9.17) is 4.74 Å². The predicted octanol–water partition coefficient (Wildman–Crippen LogP) is 3.46. The van der Waals surface area contributed by atoms with Crippen molar-refractivity contribution < 1.29 is 19.7 Å². The molecule has 4 rings (SSSR count). The first-order valence-electron chi connectivity index (χ1n) is 9.42. The topological polar surface area (TPSA) is 66.8 Å². The molecule has 25 heavy (non-hydrogen) atoms. The number of aliphatic hydroxyl groups is 2. The van der Waals surface area contributed by atoms with Crippen molar-refractivity contribution in [2.24, 2.45) is 28.6 Å². The molecule has 0 aromatic carbocycles. The summed E-state index contributed by atoms with van der Waals surface area (Å²) in [4.78, 5) is 11.7. The van der Waals surface area contributed by atoms with Gasteiger partial charge in [-0.15, -0.1) is 0 Å². The van der Waals surface area contributed by atoms with E-state index in [2.05, 4.69) is 25.2 Å². The van der Waals surface area contributed by atoms with Crippen LogP contribution in [-0.2, 0) is 9.53 Å². The molecule has 0 saturated heterocycles. The van der Waals surface area contributed by atoms with E-state index >= 15 is 0 Å². The van der Waals surface area contributed by atoms with Crippen LogP contribution >= 0.6 is 0 Å². The molecule has 0 spiro atoms. The molecule has 4 heteroatoms. The Labute approximate surface area is 149 Å². The van der Waals surface area contributed by atoms with Crippen LogP contribution in [-0.4, -0.2) is 22.0 Å². The largest absolute Gasteiger partial charge is 0.431 e. The highest BCUT2D eigenvalue weighted by Gasteiger charge is 2.64. The maximum absolute atomic E-state index is 11.7. The van der Waals surface area contributed by atoms with Crippen LogP contribution < -0.4 is 0 Å². The second-order valence-electron chi connectivity index (χ2n) is 8.77. The zero-order valence-corrected chi connectivity index (χ0v) is 15.3. The van der Waals surface area contributed by atoms with Gasteiger partial charge in [0.2, 0.25) is 0 Å². The predicted molar refractivity (Wildman–Crippen MR) is 94.0 cm³/mol. The van der Waals surface area contributed by atoms with E-state index in [0.29, 0.717) is 12.3 Å². The zero-order valence-electron chi connectivity index (χ0n) is 15.3. The average molecular weight is 344 g/mol. The summed E-state index contributed by atoms with van der Waals surface area (Å²) in [5.41, 5.74) is 0.612. The number of hydrogen-bond acceptors (Lipinski definition) is 4. The average Bonchev–Trinajstić information content (AvgIpc) is 2.77. The Kier molecular flexibility index (Phi) is 3.62. The molecule has 4 aliphatic carbocycles. The normalized spacial score (nSPS) is 44.1. The second kappa shape index (κ2) is 5.31. The minimum Gasteiger partial charge on any atom is -0.431 e. The molecule has 0 aromatic rings. The van der Waals surface area contributed by atoms with Crippen molar-refractivity contribution in [2.45, 2.75) is 58.7 Å². The van der Waals surface area contributed by atoms with E-state index in [-0.39, 0.29) is 23.2 Å². The van der Waals surface area contributed by atoms with Gasteiger partial charge in [0.05, 0.1) is 0 Å². The number of carbonyl (C=O) groups excluding carboxylic acids is 1. The minimum absolute atomic E-state index is 0.0497. The third-order valence-electron chi connectivity index (χ3n) is 7.60. The van der Waals surface area contributed by atoms with Gasteiger partial charge < -0.3 is 14.9 Å². The molecule has 0 amide bonds. The molecular weight excluding hydrogens is 316 g/mol. The van der Waals surface area contributed by atoms with E-state index in [1.807, 2.05) is 13.0 Å². The molecule has 2 saturated carbocycles. The molecule has 4 aliphatic rings. The van der Waals surface area contributed by atoms with Crippen LogP contribution in [0.1, 0.15) is 52.9 Å². The number of allylic oxidation sites excluding steroid dienone is 6. The van der Waals surface area contributed by atoms with Crippen molar-refractivity contribution in [2.75, 3.05) is 0 Å². The smallest absolute Gasteiger partial charge is 0.307 e. The minimum atomic E-state index is -1.64. The summed E-state index contributed by atoms with van der Waals surface area (Å²) in [6, 6.07) is 0. The Balaban J connectivity index is 1.83. The molecule has 0 aliphatic heterocycles. The van der Waals surface area contributed by atoms with Gasteiger partial charge in [0.25, 0.3) is 0 Å². The van der Waals surface area contributed by atoms with Crippen molar-refractivity contribution in [3.63, 3.8) is 0 Å². The Morgan fingerprint density at radius 2 is 1.92 bits per heavy atom. The van der Waals surface area contributed by atoms with Crippen LogP contribution in [0.25, 0.3) is 0 Å². The maximum atomic E-state index is 11.7. The second-order valence-corrected chi connectivity index (χ2v) is 8.77. The van der Waals surface area contributed by atoms with Crippen molar-refractivity contribution in [3.05, 3.63) is 35.6 Å². The lowest BCUT2D eigenvalue weighted by molar-refractivity contribution is -0.245. The number of rotatable bonds is 1. The number of hydrogen-bond donors (Lipinski definition) is 2. The molecule has 5 atom stereocenters. The van der Waals surface area contributed by atoms with Gasteiger partial charge >= 0.3 is 5.97 Å². The lowest BCUT2D eigenvalue weighted by Crippen LogP contribution is -2.54. The SMILES string of the molecule is CC(=O)OC1=CC2=CCC=C[C@]2(C)[C@@H]2CC[C@@]3(C)[C@@H](CCC3(O)O)[C@H]12. The van der Waals surface area contributed by atoms with Crippen LogP contribution in [0, 0.1) is 28.6 Å². The van der Waals surface area contributed by atoms with Gasteiger partial charge in [0, 0.05) is 30.1 Å². The number of carbonyl (C=O) groups is 1. The summed E-state index contributed by atoms with van der Waals surface area (Å²) >= 11 is 0. The van der Waals surface area contributed by atoms with Crippen LogP contribution in [0.2, 0.25) is 0 Å². The van der Waals surface area contributed by atoms with Crippen molar-refractivity contribution >= 4 is 5.97 Å². The molecule has 4 nitrogen and oxygen atoms in total. The van der Waals surface area contributed by atoms with Crippen LogP contribution in [0.15, 0.2) is 35.6 Å². The number of ether oxygens (including phenoxy) is 1. The van der Waals surface area contributed by atoms with Gasteiger partial charge in [0.15, 0.2) is 5.79 Å². The monoisotopic (exact) mass is 344 g/mol. The van der Waals surface area contributed by atoms with Crippen molar-refractivity contribution in [1.82, 2.24) is 0 Å². The van der Waals surface area contributed by atoms with E-state index < -0.39 is 11.2 Å². The fourth-order valence-electron chi connectivity index (χ4n) is 6.09. The molecule has 0 bridgehead atoms. The highest BCUT2D eigenvalue weighted by Crippen LogP contribution is 2.66. The lowest BCUT2D eigenvalue weighted by Gasteiger charge is -2.56. The Bertz CT molecular complexity index is 701. The maximum Gasteiger partial charge on any atom is 0.307 e. The molecule has 136 valence electrons. The van der Waals surface area contributed by atoms with Crippen molar-refractivity contribution in [1.29, 1.82) is 0 Å². The van der Waals surface area contributed by atoms with Gasteiger partial charge in [-0.2, -0.15) is 0 Å². The molecule has 0 radical (unpaired) electrons. The summed E-state index contributed by atoms with van der Waals surface area (Å²) in [5, 5.41) is 21.2. The molecule has 2 N–H and O–H groups in total. The molecule has 0 aromatic heterocycles. The van der Waals surface area contributed by atoms with Crippen LogP contribution in [0.5, 0.6) is 0 Å². The lowest BCUT2D eigenvalue weighted by atomic mass is 9.49. The fraction of sp³-hybridized carbons (Fsp3) is 0.667. The van der Waals surface area contributed by atoms with Crippen molar-refractivity contribution in [3.8, 4) is 0 Å². The van der Waals surface area contributed by atoms with Gasteiger partial charge in [-0.25, -0.2) is 0 Å². The van der Waals surface area contributed by atoms with Gasteiger partial charge in [0.1, 0.15) is 5.76 Å². The zero-order chi connectivity index (χ0) is 18.0. The van der Waals surface area contributed by atoms with Gasteiger partial charge in [-0.05, 0) is 49.2 Å². The molecule has 0 heterocycles. The summed E-state index contributed by atoms with van der Waals surface area (Å²) in [6.07, 6.45) is 12.5. The summed E-state index contributed by atoms with van der Waals surface area (Å²) in [6.45, 7) is 5.71. The summed E-state index contributed by atoms with van der Waals surface area (Å²) in [5.74, 6) is -0.727. The first-order chi connectivity index (χ1) is 11.7. The Hall–Kier alpha value is -1.39. The highest BCUT2D eigenvalue weighted by atomic mass is 16.5. The molecule has 0 unspecified atom stereocenters. The third-order valence-corrected chi connectivity index (χ3v) is 7.60. The van der Waals surface area contributed by atoms with E-state index in [1.54, 1.807) is 0 Å². The Morgan fingerprint density at radius 1 is 1.20 bits per heavy atom. The number of fused-ring (bicyclic) bond motifs is 5.